The Morgan fingerprint density at radius 1 is 1.75 bits per heavy atom. The summed E-state index contributed by atoms with van der Waals surface area (Å²) in [6.07, 6.45) is 6.29. The lowest BCUT2D eigenvalue weighted by molar-refractivity contribution is -0.148. The molecule has 0 spiro atoms. The third kappa shape index (κ3) is 2.35. The highest BCUT2D eigenvalue weighted by atomic mass is 127. The normalized spacial score (nSPS) is 22.4. The summed E-state index contributed by atoms with van der Waals surface area (Å²) < 4.78 is 10.5. The molecular formula is C9H13IO2. The smallest absolute Gasteiger partial charge is 0.169 e. The summed E-state index contributed by atoms with van der Waals surface area (Å²) in [6, 6.07) is 0. The highest BCUT2D eigenvalue weighted by molar-refractivity contribution is 14.1. The maximum absolute atomic E-state index is 5.46. The summed E-state index contributed by atoms with van der Waals surface area (Å²) in [7, 11) is 0. The van der Waals surface area contributed by atoms with Gasteiger partial charge in [0.25, 0.3) is 0 Å². The molecular weight excluding hydrogens is 267 g/mol. The summed E-state index contributed by atoms with van der Waals surface area (Å²) in [5, 5.41) is 0. The van der Waals surface area contributed by atoms with Crippen LogP contribution in [-0.2, 0) is 9.47 Å². The van der Waals surface area contributed by atoms with E-state index in [9.17, 15) is 0 Å². The van der Waals surface area contributed by atoms with Gasteiger partial charge in [0.1, 0.15) is 0 Å². The first-order valence-electron chi connectivity index (χ1n) is 4.02. The fourth-order valence-corrected chi connectivity index (χ4v) is 1.26. The van der Waals surface area contributed by atoms with Crippen molar-refractivity contribution in [2.24, 2.45) is 5.41 Å². The Morgan fingerprint density at radius 2 is 2.42 bits per heavy atom. The fraction of sp³-hybridized carbons (Fsp3) is 0.778. The zero-order chi connectivity index (χ0) is 9.03. The number of hydrogen-bond donors (Lipinski definition) is 0. The van der Waals surface area contributed by atoms with Gasteiger partial charge < -0.3 is 9.47 Å². The van der Waals surface area contributed by atoms with Crippen molar-refractivity contribution >= 4 is 22.6 Å². The molecule has 0 bridgehead atoms. The number of alkyl halides is 1. The van der Waals surface area contributed by atoms with E-state index in [4.69, 9.17) is 15.9 Å². The van der Waals surface area contributed by atoms with Gasteiger partial charge in [-0.2, -0.15) is 0 Å². The summed E-state index contributed by atoms with van der Waals surface area (Å²) in [5.41, 5.74) is 0.250. The van der Waals surface area contributed by atoms with Crippen LogP contribution >= 0.6 is 22.6 Å². The molecule has 0 saturated carbocycles. The highest BCUT2D eigenvalue weighted by Gasteiger charge is 2.37. The standard InChI is InChI=1S/C9H13IO2/c1-3-8(10)12-7-9(4-2)5-11-6-9/h1,8H,4-7H2,2H3. The van der Waals surface area contributed by atoms with Gasteiger partial charge in [-0.3, -0.25) is 0 Å². The second kappa shape index (κ2) is 4.45. The second-order valence-electron chi connectivity index (χ2n) is 3.14. The molecule has 1 aliphatic heterocycles. The summed E-state index contributed by atoms with van der Waals surface area (Å²) in [6.45, 7) is 4.51. The van der Waals surface area contributed by atoms with E-state index in [0.717, 1.165) is 26.2 Å². The molecule has 1 atom stereocenters. The van der Waals surface area contributed by atoms with E-state index in [2.05, 4.69) is 35.4 Å². The minimum Gasteiger partial charge on any atom is -0.380 e. The molecule has 1 aliphatic rings. The van der Waals surface area contributed by atoms with E-state index >= 15 is 0 Å². The molecule has 0 N–H and O–H groups in total. The molecule has 1 saturated heterocycles. The SMILES string of the molecule is C#CC(I)OCC1(CC)COC1. The fourth-order valence-electron chi connectivity index (χ4n) is 1.08. The molecule has 12 heavy (non-hydrogen) atoms. The third-order valence-electron chi connectivity index (χ3n) is 2.23. The van der Waals surface area contributed by atoms with Crippen LogP contribution in [0.3, 0.4) is 0 Å². The third-order valence-corrected chi connectivity index (χ3v) is 2.95. The first-order valence-corrected chi connectivity index (χ1v) is 5.26. The van der Waals surface area contributed by atoms with Gasteiger partial charge in [-0.25, -0.2) is 0 Å². The minimum atomic E-state index is -0.105. The van der Waals surface area contributed by atoms with E-state index in [-0.39, 0.29) is 9.53 Å². The van der Waals surface area contributed by atoms with Crippen LogP contribution < -0.4 is 0 Å². The monoisotopic (exact) mass is 280 g/mol. The van der Waals surface area contributed by atoms with Gasteiger partial charge in [-0.15, -0.1) is 6.42 Å². The van der Waals surface area contributed by atoms with Gasteiger partial charge in [-0.05, 0) is 29.0 Å². The summed E-state index contributed by atoms with van der Waals surface area (Å²) >= 11 is 2.10. The molecule has 1 heterocycles. The molecule has 0 aliphatic carbocycles. The first-order chi connectivity index (χ1) is 5.72. The van der Waals surface area contributed by atoms with Gasteiger partial charge >= 0.3 is 0 Å². The Kier molecular flexibility index (Phi) is 3.81. The molecule has 0 amide bonds. The topological polar surface area (TPSA) is 18.5 Å². The van der Waals surface area contributed by atoms with Crippen molar-refractivity contribution in [2.45, 2.75) is 17.5 Å². The number of halogens is 1. The van der Waals surface area contributed by atoms with Crippen LogP contribution in [0.25, 0.3) is 0 Å². The molecule has 1 fully saturated rings. The largest absolute Gasteiger partial charge is 0.380 e. The molecule has 0 aromatic carbocycles. The lowest BCUT2D eigenvalue weighted by Crippen LogP contribution is -2.46. The Hall–Kier alpha value is 0.210. The highest BCUT2D eigenvalue weighted by Crippen LogP contribution is 2.31. The molecule has 0 radical (unpaired) electrons. The number of hydrogen-bond acceptors (Lipinski definition) is 2. The lowest BCUT2D eigenvalue weighted by Gasteiger charge is -2.40. The van der Waals surface area contributed by atoms with Gasteiger partial charge in [0.05, 0.1) is 19.8 Å². The second-order valence-corrected chi connectivity index (χ2v) is 4.27. The zero-order valence-electron chi connectivity index (χ0n) is 7.18. The van der Waals surface area contributed by atoms with Crippen molar-refractivity contribution in [1.29, 1.82) is 0 Å². The molecule has 3 heteroatoms. The van der Waals surface area contributed by atoms with Crippen molar-refractivity contribution in [3.63, 3.8) is 0 Å². The number of ether oxygens (including phenoxy) is 2. The predicted octanol–water partition coefficient (Wildman–Crippen LogP) is 1.82. The Morgan fingerprint density at radius 3 is 2.75 bits per heavy atom. The lowest BCUT2D eigenvalue weighted by atomic mass is 9.84. The summed E-state index contributed by atoms with van der Waals surface area (Å²) in [4.78, 5) is 0. The molecule has 1 rings (SSSR count). The van der Waals surface area contributed by atoms with Gasteiger partial charge in [0.15, 0.2) is 4.11 Å². The van der Waals surface area contributed by atoms with Crippen molar-refractivity contribution in [1.82, 2.24) is 0 Å². The van der Waals surface area contributed by atoms with E-state index in [1.807, 2.05) is 0 Å². The average Bonchev–Trinajstić information content (AvgIpc) is 2.03. The predicted molar refractivity (Wildman–Crippen MR) is 56.1 cm³/mol. The number of rotatable bonds is 4. The molecule has 68 valence electrons. The zero-order valence-corrected chi connectivity index (χ0v) is 9.34. The van der Waals surface area contributed by atoms with Gasteiger partial charge in [0, 0.05) is 5.41 Å². The van der Waals surface area contributed by atoms with Crippen molar-refractivity contribution in [3.8, 4) is 12.3 Å². The van der Waals surface area contributed by atoms with Crippen LogP contribution in [0, 0.1) is 17.8 Å². The first kappa shape index (κ1) is 10.3. The van der Waals surface area contributed by atoms with Crippen LogP contribution in [0.15, 0.2) is 0 Å². The van der Waals surface area contributed by atoms with E-state index in [1.54, 1.807) is 0 Å². The maximum atomic E-state index is 5.46. The molecule has 0 aromatic heterocycles. The van der Waals surface area contributed by atoms with Crippen LogP contribution in [0.5, 0.6) is 0 Å². The van der Waals surface area contributed by atoms with Crippen molar-refractivity contribution in [3.05, 3.63) is 0 Å². The van der Waals surface area contributed by atoms with Crippen molar-refractivity contribution < 1.29 is 9.47 Å². The van der Waals surface area contributed by atoms with Crippen LogP contribution in [0.4, 0.5) is 0 Å². The maximum Gasteiger partial charge on any atom is 0.169 e. The van der Waals surface area contributed by atoms with E-state index in [0.29, 0.717) is 0 Å². The van der Waals surface area contributed by atoms with Gasteiger partial charge in [0.2, 0.25) is 0 Å². The molecule has 2 nitrogen and oxygen atoms in total. The van der Waals surface area contributed by atoms with Crippen LogP contribution in [-0.4, -0.2) is 23.9 Å². The van der Waals surface area contributed by atoms with Gasteiger partial charge in [-0.1, -0.05) is 12.8 Å². The Balaban J connectivity index is 2.25. The quantitative estimate of drug-likeness (QED) is 0.444. The van der Waals surface area contributed by atoms with E-state index in [1.165, 1.54) is 0 Å². The number of terminal acetylenes is 1. The average molecular weight is 280 g/mol. The molecule has 0 aromatic rings. The molecule has 1 unspecified atom stereocenters. The minimum absolute atomic E-state index is 0.105. The van der Waals surface area contributed by atoms with Crippen LogP contribution in [0.2, 0.25) is 0 Å². The van der Waals surface area contributed by atoms with E-state index < -0.39 is 0 Å². The van der Waals surface area contributed by atoms with Crippen molar-refractivity contribution in [2.75, 3.05) is 19.8 Å². The van der Waals surface area contributed by atoms with Crippen LogP contribution in [0.1, 0.15) is 13.3 Å². The Bertz CT molecular complexity index is 176. The summed E-state index contributed by atoms with van der Waals surface area (Å²) in [5.74, 6) is 2.53. The Labute approximate surface area is 87.1 Å².